The summed E-state index contributed by atoms with van der Waals surface area (Å²) < 4.78 is 0. The number of rotatable bonds is 4. The standard InChI is InChI=1S/C13H16N2O3/c1-4-9(3)14-13(18)15-10-7-5-6-8(2)11(10)12(16)17/h4-7,9H,1H2,2-3H3,(H,16,17)(H2,14,15,18). The summed E-state index contributed by atoms with van der Waals surface area (Å²) in [6.07, 6.45) is 1.58. The summed E-state index contributed by atoms with van der Waals surface area (Å²) in [6, 6.07) is 4.26. The predicted molar refractivity (Wildman–Crippen MR) is 70.0 cm³/mol. The van der Waals surface area contributed by atoms with Crippen LogP contribution in [-0.4, -0.2) is 23.1 Å². The molecule has 5 heteroatoms. The van der Waals surface area contributed by atoms with Gasteiger partial charge in [0.05, 0.1) is 11.3 Å². The molecule has 0 aliphatic carbocycles. The van der Waals surface area contributed by atoms with Crippen molar-refractivity contribution in [3.8, 4) is 0 Å². The van der Waals surface area contributed by atoms with E-state index in [-0.39, 0.29) is 17.3 Å². The molecule has 0 aliphatic heterocycles. The summed E-state index contributed by atoms with van der Waals surface area (Å²) in [5.41, 5.74) is 0.965. The molecule has 96 valence electrons. The van der Waals surface area contributed by atoms with Crippen molar-refractivity contribution >= 4 is 17.7 Å². The number of carboxylic acids is 1. The van der Waals surface area contributed by atoms with Crippen molar-refractivity contribution in [3.63, 3.8) is 0 Å². The Kier molecular flexibility index (Phi) is 4.48. The van der Waals surface area contributed by atoms with Crippen LogP contribution in [0.15, 0.2) is 30.9 Å². The number of aromatic carboxylic acids is 1. The Morgan fingerprint density at radius 1 is 1.44 bits per heavy atom. The molecule has 3 N–H and O–H groups in total. The number of amides is 2. The van der Waals surface area contributed by atoms with Gasteiger partial charge in [-0.2, -0.15) is 0 Å². The quantitative estimate of drug-likeness (QED) is 0.716. The number of hydrogen-bond acceptors (Lipinski definition) is 2. The topological polar surface area (TPSA) is 78.4 Å². The number of benzene rings is 1. The molecule has 0 fully saturated rings. The molecule has 0 saturated carbocycles. The van der Waals surface area contributed by atoms with Crippen LogP contribution in [0.1, 0.15) is 22.8 Å². The lowest BCUT2D eigenvalue weighted by atomic mass is 10.1. The number of carbonyl (C=O) groups excluding carboxylic acids is 1. The number of hydrogen-bond donors (Lipinski definition) is 3. The summed E-state index contributed by atoms with van der Waals surface area (Å²) in [7, 11) is 0. The Bertz CT molecular complexity index is 483. The molecule has 1 rings (SSSR count). The summed E-state index contributed by atoms with van der Waals surface area (Å²) in [6.45, 7) is 6.99. The number of aryl methyl sites for hydroxylation is 1. The third kappa shape index (κ3) is 3.35. The van der Waals surface area contributed by atoms with Crippen LogP contribution in [0, 0.1) is 6.92 Å². The van der Waals surface area contributed by atoms with Gasteiger partial charge in [0, 0.05) is 6.04 Å². The largest absolute Gasteiger partial charge is 0.478 e. The van der Waals surface area contributed by atoms with E-state index in [2.05, 4.69) is 17.2 Å². The van der Waals surface area contributed by atoms with E-state index in [9.17, 15) is 9.59 Å². The number of urea groups is 1. The van der Waals surface area contributed by atoms with Crippen molar-refractivity contribution in [1.82, 2.24) is 5.32 Å². The summed E-state index contributed by atoms with van der Waals surface area (Å²) >= 11 is 0. The Balaban J connectivity index is 2.91. The maximum atomic E-state index is 11.6. The smallest absolute Gasteiger partial charge is 0.338 e. The molecule has 1 atom stereocenters. The lowest BCUT2D eigenvalue weighted by molar-refractivity contribution is 0.0697. The Morgan fingerprint density at radius 3 is 2.67 bits per heavy atom. The first-order valence-electron chi connectivity index (χ1n) is 5.48. The second-order valence-corrected chi connectivity index (χ2v) is 3.93. The van der Waals surface area contributed by atoms with Crippen LogP contribution in [-0.2, 0) is 0 Å². The van der Waals surface area contributed by atoms with E-state index in [0.29, 0.717) is 5.56 Å². The average Bonchev–Trinajstić information content (AvgIpc) is 2.28. The number of nitrogens with one attached hydrogen (secondary N) is 2. The molecule has 2 amide bonds. The van der Waals surface area contributed by atoms with Gasteiger partial charge in [-0.1, -0.05) is 18.2 Å². The zero-order valence-electron chi connectivity index (χ0n) is 10.4. The highest BCUT2D eigenvalue weighted by molar-refractivity contribution is 6.01. The molecule has 18 heavy (non-hydrogen) atoms. The molecule has 1 unspecified atom stereocenters. The van der Waals surface area contributed by atoms with Crippen LogP contribution in [0.25, 0.3) is 0 Å². The van der Waals surface area contributed by atoms with Crippen molar-refractivity contribution in [2.24, 2.45) is 0 Å². The average molecular weight is 248 g/mol. The minimum absolute atomic E-state index is 0.0962. The van der Waals surface area contributed by atoms with E-state index < -0.39 is 12.0 Å². The normalized spacial score (nSPS) is 11.4. The van der Waals surface area contributed by atoms with Crippen LogP contribution < -0.4 is 10.6 Å². The first-order chi connectivity index (χ1) is 8.45. The second kappa shape index (κ2) is 5.86. The van der Waals surface area contributed by atoms with Gasteiger partial charge in [0.1, 0.15) is 0 Å². The summed E-state index contributed by atoms with van der Waals surface area (Å²) in [5.74, 6) is -1.07. The predicted octanol–water partition coefficient (Wildman–Crippen LogP) is 2.39. The SMILES string of the molecule is C=CC(C)NC(=O)Nc1cccc(C)c1C(=O)O. The molecule has 1 aromatic rings. The Labute approximate surface area is 106 Å². The summed E-state index contributed by atoms with van der Waals surface area (Å²) in [4.78, 5) is 22.7. The molecular weight excluding hydrogens is 232 g/mol. The number of carboxylic acid groups (broad SMARTS) is 1. The van der Waals surface area contributed by atoms with Gasteiger partial charge >= 0.3 is 12.0 Å². The molecular formula is C13H16N2O3. The Morgan fingerprint density at radius 2 is 2.11 bits per heavy atom. The van der Waals surface area contributed by atoms with Gasteiger partial charge < -0.3 is 15.7 Å². The number of anilines is 1. The van der Waals surface area contributed by atoms with Crippen LogP contribution >= 0.6 is 0 Å². The van der Waals surface area contributed by atoms with E-state index in [1.165, 1.54) is 0 Å². The fourth-order valence-electron chi connectivity index (χ4n) is 1.48. The minimum atomic E-state index is -1.07. The van der Waals surface area contributed by atoms with Crippen molar-refractivity contribution in [3.05, 3.63) is 42.0 Å². The fraction of sp³-hybridized carbons (Fsp3) is 0.231. The van der Waals surface area contributed by atoms with Crippen LogP contribution in [0.5, 0.6) is 0 Å². The zero-order valence-corrected chi connectivity index (χ0v) is 10.4. The van der Waals surface area contributed by atoms with Gasteiger partial charge in [0.25, 0.3) is 0 Å². The van der Waals surface area contributed by atoms with Crippen LogP contribution in [0.4, 0.5) is 10.5 Å². The molecule has 0 spiro atoms. The van der Waals surface area contributed by atoms with Crippen molar-refractivity contribution in [2.75, 3.05) is 5.32 Å². The van der Waals surface area contributed by atoms with Gasteiger partial charge in [-0.15, -0.1) is 6.58 Å². The first-order valence-corrected chi connectivity index (χ1v) is 5.48. The van der Waals surface area contributed by atoms with E-state index in [0.717, 1.165) is 0 Å². The van der Waals surface area contributed by atoms with Gasteiger partial charge in [0.2, 0.25) is 0 Å². The lowest BCUT2D eigenvalue weighted by Gasteiger charge is -2.13. The lowest BCUT2D eigenvalue weighted by Crippen LogP contribution is -2.35. The zero-order chi connectivity index (χ0) is 13.7. The maximum Gasteiger partial charge on any atom is 0.338 e. The first kappa shape index (κ1) is 13.8. The van der Waals surface area contributed by atoms with Crippen molar-refractivity contribution in [1.29, 1.82) is 0 Å². The van der Waals surface area contributed by atoms with Gasteiger partial charge in [-0.3, -0.25) is 0 Å². The molecule has 1 aromatic carbocycles. The fourth-order valence-corrected chi connectivity index (χ4v) is 1.48. The third-order valence-corrected chi connectivity index (χ3v) is 2.45. The molecule has 0 bridgehead atoms. The third-order valence-electron chi connectivity index (χ3n) is 2.45. The van der Waals surface area contributed by atoms with E-state index in [4.69, 9.17) is 5.11 Å². The van der Waals surface area contributed by atoms with E-state index in [1.54, 1.807) is 38.1 Å². The van der Waals surface area contributed by atoms with Crippen molar-refractivity contribution < 1.29 is 14.7 Å². The van der Waals surface area contributed by atoms with Gasteiger partial charge in [0.15, 0.2) is 0 Å². The molecule has 5 nitrogen and oxygen atoms in total. The number of carbonyl (C=O) groups is 2. The highest BCUT2D eigenvalue weighted by atomic mass is 16.4. The molecule has 0 heterocycles. The molecule has 0 saturated heterocycles. The van der Waals surface area contributed by atoms with Crippen LogP contribution in [0.3, 0.4) is 0 Å². The minimum Gasteiger partial charge on any atom is -0.478 e. The molecule has 0 radical (unpaired) electrons. The maximum absolute atomic E-state index is 11.6. The van der Waals surface area contributed by atoms with E-state index >= 15 is 0 Å². The monoisotopic (exact) mass is 248 g/mol. The second-order valence-electron chi connectivity index (χ2n) is 3.93. The van der Waals surface area contributed by atoms with Gasteiger partial charge in [-0.05, 0) is 25.5 Å². The Hall–Kier alpha value is -2.30. The molecule has 0 aromatic heterocycles. The van der Waals surface area contributed by atoms with Gasteiger partial charge in [-0.25, -0.2) is 9.59 Å². The molecule has 0 aliphatic rings. The highest BCUT2D eigenvalue weighted by Crippen LogP contribution is 2.19. The highest BCUT2D eigenvalue weighted by Gasteiger charge is 2.15. The van der Waals surface area contributed by atoms with Crippen molar-refractivity contribution in [2.45, 2.75) is 19.9 Å². The van der Waals surface area contributed by atoms with Crippen LogP contribution in [0.2, 0.25) is 0 Å². The van der Waals surface area contributed by atoms with E-state index in [1.807, 2.05) is 0 Å². The summed E-state index contributed by atoms with van der Waals surface area (Å²) in [5, 5.41) is 14.2.